The molecule has 0 aromatic heterocycles. The van der Waals surface area contributed by atoms with Crippen molar-refractivity contribution in [3.63, 3.8) is 0 Å². The van der Waals surface area contributed by atoms with E-state index in [4.69, 9.17) is 8.85 Å². The third kappa shape index (κ3) is 4.54. The summed E-state index contributed by atoms with van der Waals surface area (Å²) in [5.41, 5.74) is 1.69. The Morgan fingerprint density at radius 3 is 2.29 bits per heavy atom. The average molecular weight is 316 g/mol. The number of hydrogen-bond acceptors (Lipinski definition) is 2. The lowest BCUT2D eigenvalue weighted by Crippen LogP contribution is -2.31. The van der Waals surface area contributed by atoms with Gasteiger partial charge in [-0.2, -0.15) is 0 Å². The zero-order valence-corrected chi connectivity index (χ0v) is 13.3. The lowest BCUT2D eigenvalue weighted by atomic mass is 10.1. The Bertz CT molecular complexity index is 327. The summed E-state index contributed by atoms with van der Waals surface area (Å²) in [6, 6.07) is 8.43. The van der Waals surface area contributed by atoms with Crippen molar-refractivity contribution in [1.29, 1.82) is 0 Å². The molecule has 1 rings (SSSR count). The van der Waals surface area contributed by atoms with Crippen molar-refractivity contribution in [1.82, 2.24) is 0 Å². The monoisotopic (exact) mass is 315 g/mol. The van der Waals surface area contributed by atoms with Gasteiger partial charge in [-0.05, 0) is 38.0 Å². The SMILES string of the molecule is CCO[Si](OCC)C(CC)c1cccc(Br)c1. The Morgan fingerprint density at radius 2 is 1.82 bits per heavy atom. The van der Waals surface area contributed by atoms with Gasteiger partial charge in [0.2, 0.25) is 0 Å². The van der Waals surface area contributed by atoms with Crippen molar-refractivity contribution < 1.29 is 8.85 Å². The summed E-state index contributed by atoms with van der Waals surface area (Å²) in [5, 5.41) is 0. The van der Waals surface area contributed by atoms with Crippen LogP contribution in [-0.2, 0) is 8.85 Å². The van der Waals surface area contributed by atoms with Gasteiger partial charge < -0.3 is 8.85 Å². The molecule has 0 aliphatic rings. The minimum absolute atomic E-state index is 0.386. The zero-order valence-electron chi connectivity index (χ0n) is 10.7. The first kappa shape index (κ1) is 14.9. The first-order valence-electron chi connectivity index (χ1n) is 6.10. The van der Waals surface area contributed by atoms with Crippen molar-refractivity contribution >= 4 is 25.2 Å². The highest BCUT2D eigenvalue weighted by molar-refractivity contribution is 9.10. The van der Waals surface area contributed by atoms with Gasteiger partial charge in [-0.1, -0.05) is 35.0 Å². The summed E-state index contributed by atoms with van der Waals surface area (Å²) in [4.78, 5) is 0. The van der Waals surface area contributed by atoms with Gasteiger partial charge in [0, 0.05) is 23.2 Å². The second-order valence-electron chi connectivity index (χ2n) is 3.70. The van der Waals surface area contributed by atoms with Gasteiger partial charge in [0.15, 0.2) is 0 Å². The van der Waals surface area contributed by atoms with Gasteiger partial charge >= 0.3 is 9.28 Å². The van der Waals surface area contributed by atoms with E-state index in [1.54, 1.807) is 0 Å². The van der Waals surface area contributed by atoms with Crippen molar-refractivity contribution in [3.05, 3.63) is 34.3 Å². The summed E-state index contributed by atoms with van der Waals surface area (Å²) >= 11 is 3.52. The molecule has 0 amide bonds. The highest BCUT2D eigenvalue weighted by Gasteiger charge is 2.27. The fraction of sp³-hybridized carbons (Fsp3) is 0.538. The van der Waals surface area contributed by atoms with Gasteiger partial charge in [0.25, 0.3) is 0 Å². The summed E-state index contributed by atoms with van der Waals surface area (Å²) in [6.07, 6.45) is 1.05. The van der Waals surface area contributed by atoms with E-state index in [9.17, 15) is 0 Å². The van der Waals surface area contributed by atoms with E-state index in [-0.39, 0.29) is 0 Å². The van der Waals surface area contributed by atoms with Crippen LogP contribution in [0.2, 0.25) is 0 Å². The standard InChI is InChI=1S/C13H20BrO2Si/c1-4-13(17(15-5-2)16-6-3)11-8-7-9-12(14)10-11/h7-10,13H,4-6H2,1-3H3. The summed E-state index contributed by atoms with van der Waals surface area (Å²) < 4.78 is 12.7. The van der Waals surface area contributed by atoms with Crippen LogP contribution in [0.15, 0.2) is 28.7 Å². The van der Waals surface area contributed by atoms with Crippen molar-refractivity contribution in [2.75, 3.05) is 13.2 Å². The maximum atomic E-state index is 5.79. The molecule has 0 N–H and O–H groups in total. The van der Waals surface area contributed by atoms with Crippen molar-refractivity contribution in [3.8, 4) is 0 Å². The van der Waals surface area contributed by atoms with Gasteiger partial charge in [-0.25, -0.2) is 0 Å². The van der Waals surface area contributed by atoms with E-state index in [2.05, 4.69) is 41.1 Å². The van der Waals surface area contributed by atoms with Gasteiger partial charge in [-0.3, -0.25) is 0 Å². The van der Waals surface area contributed by atoms with Crippen LogP contribution in [-0.4, -0.2) is 22.5 Å². The number of halogens is 1. The van der Waals surface area contributed by atoms with Crippen molar-refractivity contribution in [2.45, 2.75) is 32.7 Å². The van der Waals surface area contributed by atoms with Crippen LogP contribution in [0.4, 0.5) is 0 Å². The Kier molecular flexibility index (Phi) is 7.04. The normalized spacial score (nSPS) is 13.0. The molecule has 0 aliphatic heterocycles. The van der Waals surface area contributed by atoms with Crippen LogP contribution in [0.25, 0.3) is 0 Å². The fourth-order valence-corrected chi connectivity index (χ4v) is 4.05. The van der Waals surface area contributed by atoms with Crippen LogP contribution < -0.4 is 0 Å². The molecule has 0 heterocycles. The molecule has 95 valence electrons. The molecular weight excluding hydrogens is 296 g/mol. The smallest absolute Gasteiger partial charge is 0.392 e. The molecule has 2 nitrogen and oxygen atoms in total. The Balaban J connectivity index is 2.87. The summed E-state index contributed by atoms with van der Waals surface area (Å²) in [5.74, 6) is 0. The van der Waals surface area contributed by atoms with Gasteiger partial charge in [0.05, 0.1) is 0 Å². The van der Waals surface area contributed by atoms with Crippen molar-refractivity contribution in [2.24, 2.45) is 0 Å². The lowest BCUT2D eigenvalue weighted by Gasteiger charge is -2.22. The molecule has 1 unspecified atom stereocenters. The third-order valence-corrected chi connectivity index (χ3v) is 5.47. The third-order valence-electron chi connectivity index (χ3n) is 2.52. The molecule has 0 spiro atoms. The Labute approximate surface area is 114 Å². The minimum Gasteiger partial charge on any atom is -0.393 e. The average Bonchev–Trinajstić information content (AvgIpc) is 2.31. The van der Waals surface area contributed by atoms with E-state index in [0.29, 0.717) is 5.54 Å². The molecule has 1 aromatic carbocycles. The first-order valence-corrected chi connectivity index (χ1v) is 8.29. The van der Waals surface area contributed by atoms with Crippen LogP contribution in [0.1, 0.15) is 38.3 Å². The van der Waals surface area contributed by atoms with E-state index in [0.717, 1.165) is 24.1 Å². The molecule has 0 saturated carbocycles. The highest BCUT2D eigenvalue weighted by atomic mass is 79.9. The molecule has 0 saturated heterocycles. The zero-order chi connectivity index (χ0) is 12.7. The number of rotatable bonds is 7. The predicted octanol–water partition coefficient (Wildman–Crippen LogP) is 4.04. The summed E-state index contributed by atoms with van der Waals surface area (Å²) in [6.45, 7) is 7.68. The number of benzene rings is 1. The van der Waals surface area contributed by atoms with Crippen LogP contribution in [0.5, 0.6) is 0 Å². The van der Waals surface area contributed by atoms with Gasteiger partial charge in [0.1, 0.15) is 0 Å². The van der Waals surface area contributed by atoms with Crippen LogP contribution >= 0.6 is 15.9 Å². The van der Waals surface area contributed by atoms with E-state index >= 15 is 0 Å². The molecule has 1 radical (unpaired) electrons. The van der Waals surface area contributed by atoms with Gasteiger partial charge in [-0.15, -0.1) is 0 Å². The Morgan fingerprint density at radius 1 is 1.18 bits per heavy atom. The molecule has 1 aromatic rings. The van der Waals surface area contributed by atoms with Crippen LogP contribution in [0.3, 0.4) is 0 Å². The molecule has 0 aliphatic carbocycles. The largest absolute Gasteiger partial charge is 0.393 e. The highest BCUT2D eigenvalue weighted by Crippen LogP contribution is 2.26. The molecule has 0 fully saturated rings. The van der Waals surface area contributed by atoms with E-state index < -0.39 is 9.28 Å². The maximum absolute atomic E-state index is 5.79. The molecular formula is C13H20BrO2Si. The molecule has 17 heavy (non-hydrogen) atoms. The quantitative estimate of drug-likeness (QED) is 0.707. The summed E-state index contributed by atoms with van der Waals surface area (Å²) in [7, 11) is -1.23. The maximum Gasteiger partial charge on any atom is 0.392 e. The lowest BCUT2D eigenvalue weighted by molar-refractivity contribution is 0.204. The fourth-order valence-electron chi connectivity index (χ4n) is 1.79. The molecule has 1 atom stereocenters. The first-order chi connectivity index (χ1) is 8.22. The number of hydrogen-bond donors (Lipinski definition) is 0. The van der Waals surface area contributed by atoms with Crippen LogP contribution in [0, 0.1) is 0 Å². The van der Waals surface area contributed by atoms with E-state index in [1.165, 1.54) is 5.56 Å². The molecule has 4 heteroatoms. The van der Waals surface area contributed by atoms with E-state index in [1.807, 2.05) is 19.9 Å². The second-order valence-corrected chi connectivity index (χ2v) is 6.53. The second kappa shape index (κ2) is 8.03. The molecule has 0 bridgehead atoms. The predicted molar refractivity (Wildman–Crippen MR) is 76.2 cm³/mol. The Hall–Kier alpha value is -0.163. The minimum atomic E-state index is -1.23. The topological polar surface area (TPSA) is 18.5 Å².